The summed E-state index contributed by atoms with van der Waals surface area (Å²) in [5.41, 5.74) is 1.05. The van der Waals surface area contributed by atoms with Gasteiger partial charge in [-0.2, -0.15) is 5.10 Å². The lowest BCUT2D eigenvalue weighted by atomic mass is 10.3. The lowest BCUT2D eigenvalue weighted by Crippen LogP contribution is -2.35. The summed E-state index contributed by atoms with van der Waals surface area (Å²) < 4.78 is 9.84. The predicted molar refractivity (Wildman–Crippen MR) is 74.9 cm³/mol. The lowest BCUT2D eigenvalue weighted by molar-refractivity contribution is 0.397. The molecule has 2 rings (SSSR count). The van der Waals surface area contributed by atoms with Crippen molar-refractivity contribution in [3.8, 4) is 5.75 Å². The fourth-order valence-electron chi connectivity index (χ4n) is 1.72. The van der Waals surface area contributed by atoms with Gasteiger partial charge in [0.2, 0.25) is 0 Å². The Kier molecular flexibility index (Phi) is 3.52. The number of benzene rings is 1. The highest BCUT2D eigenvalue weighted by molar-refractivity contribution is 8.10. The molecule has 1 aliphatic heterocycles. The topological polar surface area (TPSA) is 28.1 Å². The zero-order valence-corrected chi connectivity index (χ0v) is 11.9. The maximum absolute atomic E-state index is 5.99. The van der Waals surface area contributed by atoms with Gasteiger partial charge in [0.05, 0.1) is 0 Å². The molecule has 1 aromatic rings. The number of hydrogen-bond acceptors (Lipinski definition) is 3. The fraction of sp³-hybridized carbons (Fsp3) is 0.364. The second-order valence-electron chi connectivity index (χ2n) is 4.04. The van der Waals surface area contributed by atoms with Crippen LogP contribution >= 0.6 is 6.57 Å². The van der Waals surface area contributed by atoms with Crippen LogP contribution in [0.4, 0.5) is 0 Å². The zero-order chi connectivity index (χ0) is 12.5. The predicted octanol–water partition coefficient (Wildman–Crippen LogP) is 2.54. The summed E-state index contributed by atoms with van der Waals surface area (Å²) in [6.45, 7) is 0.510. The van der Waals surface area contributed by atoms with Gasteiger partial charge in [0.25, 0.3) is 6.57 Å². The molecule has 1 unspecified atom stereocenters. The molecule has 0 bridgehead atoms. The van der Waals surface area contributed by atoms with E-state index in [0.29, 0.717) is 0 Å². The van der Waals surface area contributed by atoms with Gasteiger partial charge in [-0.05, 0) is 37.9 Å². The van der Waals surface area contributed by atoms with Gasteiger partial charge in [-0.1, -0.05) is 18.2 Å². The van der Waals surface area contributed by atoms with Crippen molar-refractivity contribution in [3.63, 3.8) is 0 Å². The van der Waals surface area contributed by atoms with Gasteiger partial charge in [-0.3, -0.25) is 0 Å². The highest BCUT2D eigenvalue weighted by Crippen LogP contribution is 2.54. The Morgan fingerprint density at radius 2 is 1.94 bits per heavy atom. The molecule has 1 heterocycles. The van der Waals surface area contributed by atoms with E-state index in [1.165, 1.54) is 0 Å². The molecule has 1 aromatic carbocycles. The minimum Gasteiger partial charge on any atom is -0.436 e. The average Bonchev–Trinajstić information content (AvgIpc) is 2.28. The molecule has 17 heavy (non-hydrogen) atoms. The summed E-state index contributed by atoms with van der Waals surface area (Å²) >= 11 is 5.67. The SMILES string of the molecule is CC1=NN(C)P(=S)(Oc2ccccc2)N(C)C1. The van der Waals surface area contributed by atoms with Crippen LogP contribution in [-0.2, 0) is 11.8 Å². The third kappa shape index (κ3) is 2.51. The summed E-state index contributed by atoms with van der Waals surface area (Å²) in [7, 11) is 3.86. The van der Waals surface area contributed by atoms with Crippen LogP contribution < -0.4 is 4.52 Å². The molecule has 92 valence electrons. The highest BCUT2D eigenvalue weighted by Gasteiger charge is 2.34. The molecule has 0 aromatic heterocycles. The van der Waals surface area contributed by atoms with E-state index in [0.717, 1.165) is 18.0 Å². The molecule has 0 amide bonds. The van der Waals surface area contributed by atoms with Crippen molar-refractivity contribution >= 4 is 24.1 Å². The standard InChI is InChI=1S/C11H16N3OPS/c1-10-9-13(2)16(17,14(3)12-10)15-11-7-5-4-6-8-11/h4-8H,9H2,1-3H3. The van der Waals surface area contributed by atoms with Crippen LogP contribution in [0.1, 0.15) is 6.92 Å². The quantitative estimate of drug-likeness (QED) is 0.771. The average molecular weight is 269 g/mol. The smallest absolute Gasteiger partial charge is 0.294 e. The van der Waals surface area contributed by atoms with Gasteiger partial charge < -0.3 is 4.52 Å². The Balaban J connectivity index is 2.27. The molecule has 0 fully saturated rings. The van der Waals surface area contributed by atoms with Crippen LogP contribution in [0.15, 0.2) is 35.4 Å². The summed E-state index contributed by atoms with van der Waals surface area (Å²) in [4.78, 5) is 0. The Hall–Kier alpha value is -0.900. The van der Waals surface area contributed by atoms with E-state index in [-0.39, 0.29) is 0 Å². The molecule has 1 atom stereocenters. The van der Waals surface area contributed by atoms with E-state index in [1.54, 1.807) is 4.78 Å². The summed E-state index contributed by atoms with van der Waals surface area (Å²) in [5, 5.41) is 4.41. The summed E-state index contributed by atoms with van der Waals surface area (Å²) in [5.74, 6) is 0.796. The van der Waals surface area contributed by atoms with Gasteiger partial charge in [0.15, 0.2) is 0 Å². The van der Waals surface area contributed by atoms with Crippen LogP contribution in [-0.4, -0.2) is 35.8 Å². The van der Waals surface area contributed by atoms with E-state index in [9.17, 15) is 0 Å². The highest BCUT2D eigenvalue weighted by atomic mass is 32.5. The normalized spacial score (nSPS) is 25.6. The van der Waals surface area contributed by atoms with Crippen LogP contribution in [0.3, 0.4) is 0 Å². The Morgan fingerprint density at radius 1 is 1.29 bits per heavy atom. The van der Waals surface area contributed by atoms with Crippen molar-refractivity contribution in [2.24, 2.45) is 5.10 Å². The third-order valence-electron chi connectivity index (χ3n) is 2.54. The van der Waals surface area contributed by atoms with Gasteiger partial charge in [-0.25, -0.2) is 9.45 Å². The van der Waals surface area contributed by atoms with Crippen LogP contribution in [0.25, 0.3) is 0 Å². The van der Waals surface area contributed by atoms with Crippen LogP contribution in [0.5, 0.6) is 5.75 Å². The van der Waals surface area contributed by atoms with Gasteiger partial charge >= 0.3 is 0 Å². The second kappa shape index (κ2) is 4.77. The van der Waals surface area contributed by atoms with Crippen molar-refractivity contribution in [3.05, 3.63) is 30.3 Å². The van der Waals surface area contributed by atoms with Gasteiger partial charge in [-0.15, -0.1) is 0 Å². The summed E-state index contributed by atoms with van der Waals surface area (Å²) in [6.07, 6.45) is 0. The van der Waals surface area contributed by atoms with E-state index in [1.807, 2.05) is 51.4 Å². The zero-order valence-electron chi connectivity index (χ0n) is 10.2. The maximum Gasteiger partial charge on any atom is 0.294 e. The molecule has 4 nitrogen and oxygen atoms in total. The minimum atomic E-state index is -2.24. The van der Waals surface area contributed by atoms with E-state index < -0.39 is 6.57 Å². The van der Waals surface area contributed by atoms with Crippen LogP contribution in [0.2, 0.25) is 0 Å². The molecular formula is C11H16N3OPS. The first-order valence-electron chi connectivity index (χ1n) is 5.37. The first-order valence-corrected chi connectivity index (χ1v) is 7.99. The number of rotatable bonds is 2. The largest absolute Gasteiger partial charge is 0.436 e. The van der Waals surface area contributed by atoms with Crippen LogP contribution in [0, 0.1) is 0 Å². The third-order valence-corrected chi connectivity index (χ3v) is 6.58. The molecule has 1 aliphatic rings. The van der Waals surface area contributed by atoms with E-state index in [2.05, 4.69) is 9.77 Å². The Labute approximate surface area is 107 Å². The van der Waals surface area contributed by atoms with Crippen molar-refractivity contribution in [2.45, 2.75) is 6.92 Å². The summed E-state index contributed by atoms with van der Waals surface area (Å²) in [6, 6.07) is 9.67. The first kappa shape index (κ1) is 12.6. The van der Waals surface area contributed by atoms with Crippen molar-refractivity contribution < 1.29 is 4.52 Å². The number of hydrogen-bond donors (Lipinski definition) is 0. The lowest BCUT2D eigenvalue weighted by Gasteiger charge is -2.39. The van der Waals surface area contributed by atoms with Gasteiger partial charge in [0, 0.05) is 19.3 Å². The number of nitrogens with zero attached hydrogens (tertiary/aromatic N) is 3. The second-order valence-corrected chi connectivity index (χ2v) is 7.89. The van der Waals surface area contributed by atoms with Crippen molar-refractivity contribution in [1.82, 2.24) is 9.45 Å². The number of hydrazone groups is 1. The van der Waals surface area contributed by atoms with Crippen molar-refractivity contribution in [1.29, 1.82) is 0 Å². The molecule has 0 radical (unpaired) electrons. The number of para-hydroxylation sites is 1. The monoisotopic (exact) mass is 269 g/mol. The molecular weight excluding hydrogens is 253 g/mol. The van der Waals surface area contributed by atoms with Gasteiger partial charge in [0.1, 0.15) is 5.75 Å². The maximum atomic E-state index is 5.99. The molecule has 0 aliphatic carbocycles. The molecule has 0 saturated heterocycles. The molecule has 0 saturated carbocycles. The molecule has 0 spiro atoms. The van der Waals surface area contributed by atoms with Crippen molar-refractivity contribution in [2.75, 3.05) is 20.6 Å². The minimum absolute atomic E-state index is 0.758. The van der Waals surface area contributed by atoms with E-state index in [4.69, 9.17) is 16.3 Å². The Bertz CT molecular complexity index is 477. The van der Waals surface area contributed by atoms with E-state index >= 15 is 0 Å². The molecule has 6 heteroatoms. The first-order chi connectivity index (χ1) is 8.02. The Morgan fingerprint density at radius 3 is 2.53 bits per heavy atom. The fourth-order valence-corrected chi connectivity index (χ4v) is 4.01. The molecule has 0 N–H and O–H groups in total.